The normalized spacial score (nSPS) is 11.2. The first-order chi connectivity index (χ1) is 6.89. The third kappa shape index (κ3) is 2.12. The third-order valence-electron chi connectivity index (χ3n) is 2.73. The van der Waals surface area contributed by atoms with E-state index in [-0.39, 0.29) is 0 Å². The molecular weight excluding hydrogens is 190 g/mol. The van der Waals surface area contributed by atoms with E-state index in [1.807, 2.05) is 32.2 Å². The molecule has 0 bridgehead atoms. The van der Waals surface area contributed by atoms with Gasteiger partial charge >= 0.3 is 5.97 Å². The van der Waals surface area contributed by atoms with Crippen LogP contribution in [0.5, 0.6) is 0 Å². The van der Waals surface area contributed by atoms with Crippen LogP contribution in [0.15, 0.2) is 18.2 Å². The van der Waals surface area contributed by atoms with Crippen molar-refractivity contribution >= 4 is 11.7 Å². The maximum Gasteiger partial charge on any atom is 0.313 e. The molecule has 1 aromatic carbocycles. The molecule has 1 aromatic rings. The van der Waals surface area contributed by atoms with Crippen LogP contribution < -0.4 is 5.32 Å². The zero-order valence-corrected chi connectivity index (χ0v) is 9.59. The van der Waals surface area contributed by atoms with Gasteiger partial charge in [-0.3, -0.25) is 4.79 Å². The number of aryl methyl sites for hydroxylation is 1. The van der Waals surface area contributed by atoms with Crippen molar-refractivity contribution < 1.29 is 9.90 Å². The number of benzene rings is 1. The lowest BCUT2D eigenvalue weighted by Gasteiger charge is -2.22. The summed E-state index contributed by atoms with van der Waals surface area (Å²) < 4.78 is 0. The largest absolute Gasteiger partial charge is 0.481 e. The molecular formula is C12H17NO2. The fraction of sp³-hybridized carbons (Fsp3) is 0.417. The lowest BCUT2D eigenvalue weighted by atomic mass is 9.82. The summed E-state index contributed by atoms with van der Waals surface area (Å²) in [6, 6.07) is 5.77. The maximum atomic E-state index is 11.2. The van der Waals surface area contributed by atoms with Gasteiger partial charge in [0.15, 0.2) is 0 Å². The van der Waals surface area contributed by atoms with Crippen molar-refractivity contribution in [1.29, 1.82) is 0 Å². The molecule has 3 nitrogen and oxygen atoms in total. The number of carbonyl (C=O) groups is 1. The standard InChI is InChI=1S/C12H17NO2/c1-8-5-6-9(13-4)7-10(8)12(2,3)11(14)15/h5-7,13H,1-4H3,(H,14,15). The van der Waals surface area contributed by atoms with Gasteiger partial charge in [-0.1, -0.05) is 6.07 Å². The predicted molar refractivity (Wildman–Crippen MR) is 61.4 cm³/mol. The highest BCUT2D eigenvalue weighted by molar-refractivity contribution is 5.81. The Bertz CT molecular complexity index is 383. The van der Waals surface area contributed by atoms with Gasteiger partial charge in [-0.15, -0.1) is 0 Å². The molecule has 0 aromatic heterocycles. The Labute approximate surface area is 90.1 Å². The van der Waals surface area contributed by atoms with Crippen LogP contribution in [-0.4, -0.2) is 18.1 Å². The van der Waals surface area contributed by atoms with Crippen molar-refractivity contribution in [1.82, 2.24) is 0 Å². The highest BCUT2D eigenvalue weighted by Crippen LogP contribution is 2.28. The van der Waals surface area contributed by atoms with E-state index < -0.39 is 11.4 Å². The lowest BCUT2D eigenvalue weighted by Crippen LogP contribution is -2.29. The number of nitrogens with one attached hydrogen (secondary N) is 1. The van der Waals surface area contributed by atoms with Crippen LogP contribution in [-0.2, 0) is 10.2 Å². The highest BCUT2D eigenvalue weighted by Gasteiger charge is 2.30. The first-order valence-corrected chi connectivity index (χ1v) is 4.92. The number of hydrogen-bond acceptors (Lipinski definition) is 2. The molecule has 0 amide bonds. The van der Waals surface area contributed by atoms with E-state index in [2.05, 4.69) is 5.32 Å². The van der Waals surface area contributed by atoms with Crippen molar-refractivity contribution in [2.75, 3.05) is 12.4 Å². The van der Waals surface area contributed by atoms with Gasteiger partial charge in [0.2, 0.25) is 0 Å². The van der Waals surface area contributed by atoms with Gasteiger partial charge < -0.3 is 10.4 Å². The van der Waals surface area contributed by atoms with Crippen molar-refractivity contribution in [2.24, 2.45) is 0 Å². The molecule has 0 heterocycles. The molecule has 0 spiro atoms. The molecule has 0 aliphatic heterocycles. The van der Waals surface area contributed by atoms with E-state index in [0.717, 1.165) is 16.8 Å². The first kappa shape index (κ1) is 11.6. The van der Waals surface area contributed by atoms with E-state index in [4.69, 9.17) is 5.11 Å². The topological polar surface area (TPSA) is 49.3 Å². The van der Waals surface area contributed by atoms with Gasteiger partial charge in [-0.25, -0.2) is 0 Å². The second kappa shape index (κ2) is 3.93. The smallest absolute Gasteiger partial charge is 0.313 e. The van der Waals surface area contributed by atoms with Crippen LogP contribution in [0.25, 0.3) is 0 Å². The van der Waals surface area contributed by atoms with Crippen LogP contribution in [0.2, 0.25) is 0 Å². The van der Waals surface area contributed by atoms with Crippen LogP contribution >= 0.6 is 0 Å². The number of carboxylic acid groups (broad SMARTS) is 1. The SMILES string of the molecule is CNc1ccc(C)c(C(C)(C)C(=O)O)c1. The molecule has 0 aliphatic carbocycles. The summed E-state index contributed by atoms with van der Waals surface area (Å²) in [4.78, 5) is 11.2. The Morgan fingerprint density at radius 1 is 1.40 bits per heavy atom. The monoisotopic (exact) mass is 207 g/mol. The number of aliphatic carboxylic acids is 1. The molecule has 0 radical (unpaired) electrons. The maximum absolute atomic E-state index is 11.2. The Hall–Kier alpha value is -1.51. The molecule has 0 unspecified atom stereocenters. The number of rotatable bonds is 3. The summed E-state index contributed by atoms with van der Waals surface area (Å²) in [7, 11) is 1.82. The van der Waals surface area contributed by atoms with Gasteiger partial charge in [0.25, 0.3) is 0 Å². The summed E-state index contributed by atoms with van der Waals surface area (Å²) in [6.45, 7) is 5.37. The minimum atomic E-state index is -0.850. The second-order valence-electron chi connectivity index (χ2n) is 4.21. The molecule has 0 saturated heterocycles. The molecule has 2 N–H and O–H groups in total. The average Bonchev–Trinajstić information content (AvgIpc) is 2.18. The van der Waals surface area contributed by atoms with Crippen LogP contribution in [0.3, 0.4) is 0 Å². The van der Waals surface area contributed by atoms with Crippen molar-refractivity contribution in [3.05, 3.63) is 29.3 Å². The summed E-state index contributed by atoms with van der Waals surface area (Å²) in [6.07, 6.45) is 0. The fourth-order valence-electron chi connectivity index (χ4n) is 1.57. The summed E-state index contributed by atoms with van der Waals surface area (Å²) in [5.41, 5.74) is 1.94. The number of anilines is 1. The van der Waals surface area contributed by atoms with Crippen LogP contribution in [0.1, 0.15) is 25.0 Å². The van der Waals surface area contributed by atoms with E-state index in [1.165, 1.54) is 0 Å². The highest BCUT2D eigenvalue weighted by atomic mass is 16.4. The summed E-state index contributed by atoms with van der Waals surface area (Å²) in [5, 5.41) is 12.2. The van der Waals surface area contributed by atoms with Crippen molar-refractivity contribution in [3.63, 3.8) is 0 Å². The molecule has 0 aliphatic rings. The average molecular weight is 207 g/mol. The van der Waals surface area contributed by atoms with Gasteiger partial charge in [0.05, 0.1) is 5.41 Å². The van der Waals surface area contributed by atoms with Crippen molar-refractivity contribution in [3.8, 4) is 0 Å². The Kier molecular flexibility index (Phi) is 3.03. The predicted octanol–water partition coefficient (Wildman–Crippen LogP) is 2.40. The van der Waals surface area contributed by atoms with E-state index >= 15 is 0 Å². The second-order valence-corrected chi connectivity index (χ2v) is 4.21. The lowest BCUT2D eigenvalue weighted by molar-refractivity contribution is -0.142. The Morgan fingerprint density at radius 3 is 2.47 bits per heavy atom. The van der Waals surface area contributed by atoms with Gasteiger partial charge in [-0.2, -0.15) is 0 Å². The zero-order valence-electron chi connectivity index (χ0n) is 9.59. The quantitative estimate of drug-likeness (QED) is 0.800. The van der Waals surface area contributed by atoms with Gasteiger partial charge in [0, 0.05) is 12.7 Å². The molecule has 0 saturated carbocycles. The third-order valence-corrected chi connectivity index (χ3v) is 2.73. The first-order valence-electron chi connectivity index (χ1n) is 4.92. The fourth-order valence-corrected chi connectivity index (χ4v) is 1.57. The zero-order chi connectivity index (χ0) is 11.6. The molecule has 1 rings (SSSR count). The number of hydrogen-bond donors (Lipinski definition) is 2. The Morgan fingerprint density at radius 2 is 2.00 bits per heavy atom. The van der Waals surface area contributed by atoms with Gasteiger partial charge in [-0.05, 0) is 44.0 Å². The molecule has 82 valence electrons. The Balaban J connectivity index is 3.29. The molecule has 0 fully saturated rings. The van der Waals surface area contributed by atoms with E-state index in [0.29, 0.717) is 0 Å². The number of carboxylic acids is 1. The molecule has 15 heavy (non-hydrogen) atoms. The summed E-state index contributed by atoms with van der Waals surface area (Å²) >= 11 is 0. The minimum Gasteiger partial charge on any atom is -0.481 e. The van der Waals surface area contributed by atoms with E-state index in [1.54, 1.807) is 13.8 Å². The van der Waals surface area contributed by atoms with Crippen LogP contribution in [0.4, 0.5) is 5.69 Å². The summed E-state index contributed by atoms with van der Waals surface area (Å²) in [5.74, 6) is -0.807. The van der Waals surface area contributed by atoms with E-state index in [9.17, 15) is 4.79 Å². The molecule has 0 atom stereocenters. The minimum absolute atomic E-state index is 0.807. The molecule has 3 heteroatoms. The van der Waals surface area contributed by atoms with Crippen LogP contribution in [0, 0.1) is 6.92 Å². The van der Waals surface area contributed by atoms with Crippen molar-refractivity contribution in [2.45, 2.75) is 26.2 Å². The van der Waals surface area contributed by atoms with Gasteiger partial charge in [0.1, 0.15) is 0 Å².